The molecule has 0 saturated carbocycles. The first-order valence-electron chi connectivity index (χ1n) is 6.28. The van der Waals surface area contributed by atoms with Crippen molar-refractivity contribution in [1.82, 2.24) is 14.9 Å². The Labute approximate surface area is 109 Å². The summed E-state index contributed by atoms with van der Waals surface area (Å²) in [5, 5.41) is 0. The molecule has 0 aromatic carbocycles. The van der Waals surface area contributed by atoms with E-state index in [9.17, 15) is 0 Å². The Morgan fingerprint density at radius 2 is 1.94 bits per heavy atom. The van der Waals surface area contributed by atoms with Gasteiger partial charge in [0.15, 0.2) is 0 Å². The minimum absolute atomic E-state index is 0.468. The van der Waals surface area contributed by atoms with Crippen LogP contribution in [0.5, 0.6) is 0 Å². The molecule has 1 aromatic rings. The minimum Gasteiger partial charge on any atom is -0.355 e. The molecular weight excluding hydrogens is 228 g/mol. The van der Waals surface area contributed by atoms with Crippen molar-refractivity contribution >= 4 is 11.8 Å². The van der Waals surface area contributed by atoms with E-state index in [0.29, 0.717) is 5.95 Å². The molecule has 0 saturated heterocycles. The number of hydrazine groups is 1. The number of hydrogen-bond acceptors (Lipinski definition) is 6. The second-order valence-corrected chi connectivity index (χ2v) is 4.63. The highest BCUT2D eigenvalue weighted by molar-refractivity contribution is 5.44. The minimum atomic E-state index is 0.468. The highest BCUT2D eigenvalue weighted by Crippen LogP contribution is 2.14. The number of rotatable bonds is 7. The third-order valence-corrected chi connectivity index (χ3v) is 2.60. The van der Waals surface area contributed by atoms with Crippen molar-refractivity contribution < 1.29 is 0 Å². The molecule has 6 heteroatoms. The topological polar surface area (TPSA) is 70.3 Å². The van der Waals surface area contributed by atoms with Crippen LogP contribution < -0.4 is 16.2 Å². The largest absolute Gasteiger partial charge is 0.355 e. The number of anilines is 2. The van der Waals surface area contributed by atoms with Crippen molar-refractivity contribution in [2.45, 2.75) is 20.3 Å². The van der Waals surface area contributed by atoms with Gasteiger partial charge in [-0.25, -0.2) is 10.8 Å². The van der Waals surface area contributed by atoms with Gasteiger partial charge in [-0.15, -0.1) is 0 Å². The van der Waals surface area contributed by atoms with E-state index in [4.69, 9.17) is 5.84 Å². The van der Waals surface area contributed by atoms with Gasteiger partial charge in [-0.1, -0.05) is 6.92 Å². The SMILES string of the molecule is CCCN(CCN(C)C)c1cc(C)nc(NN)n1. The molecule has 0 atom stereocenters. The number of nitrogen functional groups attached to an aromatic ring is 1. The average Bonchev–Trinajstić information content (AvgIpc) is 2.33. The lowest BCUT2D eigenvalue weighted by atomic mass is 10.3. The van der Waals surface area contributed by atoms with Crippen LogP contribution in [0.15, 0.2) is 6.07 Å². The van der Waals surface area contributed by atoms with Crippen molar-refractivity contribution in [2.75, 3.05) is 44.1 Å². The second-order valence-electron chi connectivity index (χ2n) is 4.63. The zero-order valence-electron chi connectivity index (χ0n) is 11.8. The Balaban J connectivity index is 2.86. The molecule has 6 nitrogen and oxygen atoms in total. The summed E-state index contributed by atoms with van der Waals surface area (Å²) >= 11 is 0. The van der Waals surface area contributed by atoms with Gasteiger partial charge in [-0.3, -0.25) is 5.43 Å². The summed E-state index contributed by atoms with van der Waals surface area (Å²) in [6, 6.07) is 1.99. The van der Waals surface area contributed by atoms with Crippen molar-refractivity contribution in [3.8, 4) is 0 Å². The summed E-state index contributed by atoms with van der Waals surface area (Å²) in [5.74, 6) is 6.78. The van der Waals surface area contributed by atoms with Crippen LogP contribution in [0.25, 0.3) is 0 Å². The molecule has 1 rings (SSSR count). The highest BCUT2D eigenvalue weighted by Gasteiger charge is 2.09. The molecule has 0 aliphatic carbocycles. The molecule has 3 N–H and O–H groups in total. The maximum absolute atomic E-state index is 5.38. The molecule has 18 heavy (non-hydrogen) atoms. The fourth-order valence-electron chi connectivity index (χ4n) is 1.71. The van der Waals surface area contributed by atoms with E-state index >= 15 is 0 Å². The lowest BCUT2D eigenvalue weighted by molar-refractivity contribution is 0.412. The van der Waals surface area contributed by atoms with Gasteiger partial charge in [-0.05, 0) is 27.4 Å². The van der Waals surface area contributed by atoms with Crippen molar-refractivity contribution in [3.63, 3.8) is 0 Å². The summed E-state index contributed by atoms with van der Waals surface area (Å²) in [5.41, 5.74) is 3.43. The first-order chi connectivity index (χ1) is 8.56. The van der Waals surface area contributed by atoms with E-state index in [1.54, 1.807) is 0 Å². The first-order valence-corrected chi connectivity index (χ1v) is 6.28. The molecule has 0 fully saturated rings. The Kier molecular flexibility index (Phi) is 5.80. The maximum atomic E-state index is 5.38. The molecule has 0 aliphatic rings. The third-order valence-electron chi connectivity index (χ3n) is 2.60. The molecule has 0 bridgehead atoms. The smallest absolute Gasteiger partial charge is 0.239 e. The molecule has 0 unspecified atom stereocenters. The zero-order valence-corrected chi connectivity index (χ0v) is 11.8. The van der Waals surface area contributed by atoms with Gasteiger partial charge >= 0.3 is 0 Å². The van der Waals surface area contributed by atoms with E-state index in [1.807, 2.05) is 13.0 Å². The van der Waals surface area contributed by atoms with Crippen molar-refractivity contribution in [2.24, 2.45) is 5.84 Å². The van der Waals surface area contributed by atoms with Gasteiger partial charge in [-0.2, -0.15) is 4.98 Å². The molecule has 102 valence electrons. The molecule has 0 radical (unpaired) electrons. The molecule has 1 heterocycles. The lowest BCUT2D eigenvalue weighted by Crippen LogP contribution is -2.33. The van der Waals surface area contributed by atoms with E-state index in [2.05, 4.69) is 46.2 Å². The molecular formula is C12H24N6. The lowest BCUT2D eigenvalue weighted by Gasteiger charge is -2.25. The standard InChI is InChI=1S/C12H24N6/c1-5-6-18(8-7-17(3)4)11-9-10(2)14-12(15-11)16-13/h9H,5-8,13H2,1-4H3,(H,14,15,16). The van der Waals surface area contributed by atoms with Crippen LogP contribution in [0.3, 0.4) is 0 Å². The van der Waals surface area contributed by atoms with Crippen LogP contribution >= 0.6 is 0 Å². The first kappa shape index (κ1) is 14.7. The highest BCUT2D eigenvalue weighted by atomic mass is 15.3. The van der Waals surface area contributed by atoms with Gasteiger partial charge in [0, 0.05) is 31.4 Å². The summed E-state index contributed by atoms with van der Waals surface area (Å²) in [6.45, 7) is 7.03. The molecule has 1 aromatic heterocycles. The van der Waals surface area contributed by atoms with Crippen LogP contribution in [0.1, 0.15) is 19.0 Å². The van der Waals surface area contributed by atoms with Crippen LogP contribution in [-0.4, -0.2) is 48.6 Å². The van der Waals surface area contributed by atoms with Gasteiger partial charge < -0.3 is 9.80 Å². The average molecular weight is 252 g/mol. The Hall–Kier alpha value is -1.40. The quantitative estimate of drug-likeness (QED) is 0.554. The molecule has 0 spiro atoms. The maximum Gasteiger partial charge on any atom is 0.239 e. The molecule has 0 amide bonds. The van der Waals surface area contributed by atoms with E-state index in [-0.39, 0.29) is 0 Å². The summed E-state index contributed by atoms with van der Waals surface area (Å²) in [7, 11) is 4.14. The van der Waals surface area contributed by atoms with E-state index < -0.39 is 0 Å². The number of nitrogens with one attached hydrogen (secondary N) is 1. The number of nitrogens with two attached hydrogens (primary N) is 1. The van der Waals surface area contributed by atoms with Crippen LogP contribution in [0.4, 0.5) is 11.8 Å². The van der Waals surface area contributed by atoms with Gasteiger partial charge in [0.1, 0.15) is 5.82 Å². The third kappa shape index (κ3) is 4.46. The summed E-state index contributed by atoms with van der Waals surface area (Å²) in [6.07, 6.45) is 1.09. The van der Waals surface area contributed by atoms with Gasteiger partial charge in [0.25, 0.3) is 0 Å². The number of aryl methyl sites for hydroxylation is 1. The predicted octanol–water partition coefficient (Wildman–Crippen LogP) is 0.849. The number of aromatic nitrogens is 2. The molecule has 0 aliphatic heterocycles. The predicted molar refractivity (Wildman–Crippen MR) is 75.6 cm³/mol. The summed E-state index contributed by atoms with van der Waals surface area (Å²) < 4.78 is 0. The van der Waals surface area contributed by atoms with E-state index in [1.165, 1.54) is 0 Å². The fourth-order valence-corrected chi connectivity index (χ4v) is 1.71. The number of hydrogen-bond donors (Lipinski definition) is 2. The Morgan fingerprint density at radius 1 is 1.22 bits per heavy atom. The summed E-state index contributed by atoms with van der Waals surface area (Å²) in [4.78, 5) is 13.0. The number of likely N-dealkylation sites (N-methyl/N-ethyl adjacent to an activating group) is 1. The Bertz CT molecular complexity index is 366. The van der Waals surface area contributed by atoms with Crippen LogP contribution in [0, 0.1) is 6.92 Å². The fraction of sp³-hybridized carbons (Fsp3) is 0.667. The Morgan fingerprint density at radius 3 is 2.50 bits per heavy atom. The van der Waals surface area contributed by atoms with Crippen LogP contribution in [-0.2, 0) is 0 Å². The number of nitrogens with zero attached hydrogens (tertiary/aromatic N) is 4. The van der Waals surface area contributed by atoms with E-state index in [0.717, 1.165) is 37.6 Å². The van der Waals surface area contributed by atoms with Crippen LogP contribution in [0.2, 0.25) is 0 Å². The monoisotopic (exact) mass is 252 g/mol. The van der Waals surface area contributed by atoms with Gasteiger partial charge in [0.2, 0.25) is 5.95 Å². The van der Waals surface area contributed by atoms with Crippen molar-refractivity contribution in [1.29, 1.82) is 0 Å². The normalized spacial score (nSPS) is 10.8. The zero-order chi connectivity index (χ0) is 13.5. The second kappa shape index (κ2) is 7.13. The van der Waals surface area contributed by atoms with Gasteiger partial charge in [0.05, 0.1) is 0 Å². The van der Waals surface area contributed by atoms with Crippen molar-refractivity contribution in [3.05, 3.63) is 11.8 Å².